The van der Waals surface area contributed by atoms with Crippen molar-refractivity contribution in [1.82, 2.24) is 4.40 Å². The summed E-state index contributed by atoms with van der Waals surface area (Å²) >= 11 is 0. The molecule has 4 aromatic heterocycles. The van der Waals surface area contributed by atoms with Gasteiger partial charge >= 0.3 is 0 Å². The second kappa shape index (κ2) is 16.8. The Labute approximate surface area is 448 Å². The summed E-state index contributed by atoms with van der Waals surface area (Å²) in [6, 6.07) is 82.7. The Kier molecular flexibility index (Phi) is 9.93. The van der Waals surface area contributed by atoms with Crippen LogP contribution in [0.2, 0.25) is 39.3 Å². The highest BCUT2D eigenvalue weighted by Crippen LogP contribution is 2.50. The van der Waals surface area contributed by atoms with Crippen LogP contribution in [0, 0.1) is 0 Å². The van der Waals surface area contributed by atoms with E-state index in [-0.39, 0.29) is 0 Å². The minimum atomic E-state index is -1.69. The largest absolute Gasteiger partial charge is 0.456 e. The maximum Gasteiger partial charge on any atom is 0.135 e. The fraction of sp³-hybridized carbons (Fsp3) is 0.0857. The first-order valence-corrected chi connectivity index (χ1v) is 33.8. The van der Waals surface area contributed by atoms with Gasteiger partial charge in [0.1, 0.15) is 22.3 Å². The Morgan fingerprint density at radius 3 is 1.51 bits per heavy atom. The maximum atomic E-state index is 6.75. The SMILES string of the molecule is C[Si](C)(C)c1cccc2c1oc1ccc(N(c3ccccc3)c3ccc4cc5c6ccc(N(c7ccccc7)c7ccc8oc9c([Si](C)(C)C)cccc9c8c7)c7c8cc(-c9ccccc9)ccc8n(c5cc4c3)c67)cc12. The molecule has 0 fully saturated rings. The third-order valence-electron chi connectivity index (χ3n) is 16.1. The summed E-state index contributed by atoms with van der Waals surface area (Å²) in [6.45, 7) is 14.3. The van der Waals surface area contributed by atoms with Gasteiger partial charge in [-0.25, -0.2) is 0 Å². The van der Waals surface area contributed by atoms with Crippen molar-refractivity contribution < 1.29 is 8.83 Å². The van der Waals surface area contributed by atoms with Crippen LogP contribution in [0.1, 0.15) is 0 Å². The maximum absolute atomic E-state index is 6.75. The monoisotopic (exact) mass is 1030 g/mol. The van der Waals surface area contributed by atoms with Gasteiger partial charge in [-0.15, -0.1) is 0 Å². The van der Waals surface area contributed by atoms with Crippen LogP contribution in [0.5, 0.6) is 0 Å². The number of anilines is 6. The van der Waals surface area contributed by atoms with Crippen molar-refractivity contribution in [1.29, 1.82) is 0 Å². The first kappa shape index (κ1) is 45.5. The second-order valence-corrected chi connectivity index (χ2v) is 33.0. The van der Waals surface area contributed by atoms with Gasteiger partial charge in [0.15, 0.2) is 0 Å². The lowest BCUT2D eigenvalue weighted by Gasteiger charge is -2.26. The smallest absolute Gasteiger partial charge is 0.135 e. The number of fused-ring (bicyclic) bond motifs is 13. The van der Waals surface area contributed by atoms with Crippen LogP contribution < -0.4 is 20.2 Å². The van der Waals surface area contributed by atoms with Gasteiger partial charge in [0, 0.05) is 71.5 Å². The van der Waals surface area contributed by atoms with Crippen molar-refractivity contribution >= 4 is 153 Å². The van der Waals surface area contributed by atoms with E-state index in [0.717, 1.165) is 67.2 Å². The van der Waals surface area contributed by atoms with Gasteiger partial charge in [-0.1, -0.05) is 161 Å². The molecular formula is C70H55N3O2Si2. The zero-order valence-electron chi connectivity index (χ0n) is 44.0. The zero-order chi connectivity index (χ0) is 51.9. The molecule has 77 heavy (non-hydrogen) atoms. The molecule has 5 nitrogen and oxygen atoms in total. The summed E-state index contributed by atoms with van der Waals surface area (Å²) in [5.41, 5.74) is 16.4. The molecular weight excluding hydrogens is 971 g/mol. The number of hydrogen-bond donors (Lipinski definition) is 0. The molecule has 4 heterocycles. The van der Waals surface area contributed by atoms with E-state index in [0.29, 0.717) is 0 Å². The number of furan rings is 2. The van der Waals surface area contributed by atoms with E-state index in [4.69, 9.17) is 8.83 Å². The Morgan fingerprint density at radius 2 is 0.896 bits per heavy atom. The number of benzene rings is 11. The van der Waals surface area contributed by atoms with Gasteiger partial charge in [0.05, 0.1) is 38.4 Å². The van der Waals surface area contributed by atoms with Gasteiger partial charge in [0.2, 0.25) is 0 Å². The number of hydrogen-bond acceptors (Lipinski definition) is 4. The molecule has 0 spiro atoms. The lowest BCUT2D eigenvalue weighted by molar-refractivity contribution is 0.671. The van der Waals surface area contributed by atoms with Crippen molar-refractivity contribution in [3.8, 4) is 11.1 Å². The second-order valence-electron chi connectivity index (χ2n) is 23.0. The van der Waals surface area contributed by atoms with E-state index in [1.165, 1.54) is 81.1 Å². The van der Waals surface area contributed by atoms with Crippen LogP contribution in [0.25, 0.3) is 104 Å². The van der Waals surface area contributed by atoms with Crippen LogP contribution >= 0.6 is 0 Å². The van der Waals surface area contributed by atoms with E-state index in [1.54, 1.807) is 0 Å². The minimum Gasteiger partial charge on any atom is -0.456 e. The molecule has 0 amide bonds. The molecule has 0 N–H and O–H groups in total. The third kappa shape index (κ3) is 7.11. The summed E-state index contributed by atoms with van der Waals surface area (Å²) in [5.74, 6) is 0. The average molecular weight is 1030 g/mol. The molecule has 7 heteroatoms. The number of rotatable bonds is 9. The molecule has 370 valence electrons. The van der Waals surface area contributed by atoms with Crippen molar-refractivity contribution in [3.05, 3.63) is 224 Å². The van der Waals surface area contributed by atoms with Crippen molar-refractivity contribution in [2.24, 2.45) is 0 Å². The van der Waals surface area contributed by atoms with Crippen LogP contribution in [0.4, 0.5) is 34.1 Å². The number of aromatic nitrogens is 1. The highest BCUT2D eigenvalue weighted by molar-refractivity contribution is 6.90. The Balaban J connectivity index is 0.957. The van der Waals surface area contributed by atoms with E-state index >= 15 is 0 Å². The molecule has 15 rings (SSSR count). The topological polar surface area (TPSA) is 37.2 Å². The molecule has 0 atom stereocenters. The molecule has 15 aromatic rings. The van der Waals surface area contributed by atoms with Crippen LogP contribution in [0.3, 0.4) is 0 Å². The van der Waals surface area contributed by atoms with Gasteiger partial charge in [-0.2, -0.15) is 0 Å². The molecule has 0 aliphatic rings. The lowest BCUT2D eigenvalue weighted by atomic mass is 9.99. The Morgan fingerprint density at radius 1 is 0.338 bits per heavy atom. The summed E-state index contributed by atoms with van der Waals surface area (Å²) in [6.07, 6.45) is 0. The first-order valence-electron chi connectivity index (χ1n) is 26.8. The van der Waals surface area contributed by atoms with E-state index in [1.807, 2.05) is 0 Å². The van der Waals surface area contributed by atoms with Crippen LogP contribution in [-0.4, -0.2) is 20.5 Å². The third-order valence-corrected chi connectivity index (χ3v) is 20.1. The van der Waals surface area contributed by atoms with Crippen LogP contribution in [-0.2, 0) is 0 Å². The predicted molar refractivity (Wildman–Crippen MR) is 334 cm³/mol. The van der Waals surface area contributed by atoms with Gasteiger partial charge < -0.3 is 23.0 Å². The van der Waals surface area contributed by atoms with Crippen LogP contribution in [0.15, 0.2) is 233 Å². The molecule has 11 aromatic carbocycles. The highest BCUT2D eigenvalue weighted by Gasteiger charge is 2.28. The first-order chi connectivity index (χ1) is 37.4. The molecule has 0 unspecified atom stereocenters. The molecule has 0 bridgehead atoms. The summed E-state index contributed by atoms with van der Waals surface area (Å²) < 4.78 is 16.0. The van der Waals surface area contributed by atoms with E-state index in [2.05, 4.69) is 278 Å². The van der Waals surface area contributed by atoms with Crippen molar-refractivity contribution in [3.63, 3.8) is 0 Å². The molecule has 0 aliphatic carbocycles. The summed E-state index contributed by atoms with van der Waals surface area (Å²) in [4.78, 5) is 4.84. The minimum absolute atomic E-state index is 0.908. The summed E-state index contributed by atoms with van der Waals surface area (Å²) in [7, 11) is -3.36. The van der Waals surface area contributed by atoms with Gasteiger partial charge in [-0.05, 0) is 135 Å². The standard InChI is InChI=1S/C70H55N3O2Si2/c1-76(2,3)65-26-16-24-54-57-42-51(31-36-63(57)74-69(54)65)71(48-20-12-8-13-21-48)50-30-28-46-39-56-53-33-35-61(67-59-40-45(44-18-10-7-11-19-44)29-34-60(59)73(68(53)67)62(56)41-47(46)38-50)72(49-22-14-9-15-23-49)52-32-37-64-58(43-52)55-25-17-27-66(70(55)75-64)77(4,5)6/h7-43H,1-6H3. The lowest BCUT2D eigenvalue weighted by Crippen LogP contribution is -2.37. The molecule has 0 saturated carbocycles. The summed E-state index contributed by atoms with van der Waals surface area (Å²) in [5, 5.41) is 14.5. The fourth-order valence-electron chi connectivity index (χ4n) is 12.5. The zero-order valence-corrected chi connectivity index (χ0v) is 46.0. The molecule has 0 aliphatic heterocycles. The van der Waals surface area contributed by atoms with E-state index < -0.39 is 16.1 Å². The van der Waals surface area contributed by atoms with Crippen molar-refractivity contribution in [2.75, 3.05) is 9.80 Å². The number of nitrogens with zero attached hydrogens (tertiary/aromatic N) is 3. The number of para-hydroxylation sites is 4. The quantitative estimate of drug-likeness (QED) is 0.135. The molecule has 0 radical (unpaired) electrons. The Hall–Kier alpha value is -8.89. The van der Waals surface area contributed by atoms with Gasteiger partial charge in [-0.3, -0.25) is 0 Å². The average Bonchev–Trinajstić information content (AvgIpc) is 4.38. The highest BCUT2D eigenvalue weighted by atomic mass is 28.3. The van der Waals surface area contributed by atoms with Gasteiger partial charge in [0.25, 0.3) is 0 Å². The van der Waals surface area contributed by atoms with Crippen molar-refractivity contribution in [2.45, 2.75) is 39.3 Å². The van der Waals surface area contributed by atoms with E-state index in [9.17, 15) is 0 Å². The predicted octanol–water partition coefficient (Wildman–Crippen LogP) is 19.5. The Bertz CT molecular complexity index is 4830. The fourth-order valence-corrected chi connectivity index (χ4v) is 15.4. The normalized spacial score (nSPS) is 12.5. The molecule has 0 saturated heterocycles.